The van der Waals surface area contributed by atoms with Crippen LogP contribution < -0.4 is 0 Å². The van der Waals surface area contributed by atoms with E-state index in [0.717, 1.165) is 51.4 Å². The molecular formula is C14H25NO3. The zero-order valence-electron chi connectivity index (χ0n) is 11.4. The first-order valence-corrected chi connectivity index (χ1v) is 7.12. The molecule has 0 aliphatic heterocycles. The Bertz CT molecular complexity index is 283. The predicted molar refractivity (Wildman–Crippen MR) is 69.6 cm³/mol. The number of likely N-dealkylation sites (N-methyl/N-ethyl adjacent to an activating group) is 1. The van der Waals surface area contributed by atoms with Gasteiger partial charge in [0.15, 0.2) is 0 Å². The van der Waals surface area contributed by atoms with E-state index in [1.165, 1.54) is 12.8 Å². The van der Waals surface area contributed by atoms with Crippen molar-refractivity contribution in [3.63, 3.8) is 0 Å². The lowest BCUT2D eigenvalue weighted by molar-refractivity contribution is -0.149. The average Bonchev–Trinajstić information content (AvgIpc) is 3.03. The van der Waals surface area contributed by atoms with Crippen molar-refractivity contribution in [2.24, 2.45) is 11.3 Å². The van der Waals surface area contributed by atoms with Crippen molar-refractivity contribution < 1.29 is 14.6 Å². The minimum atomic E-state index is -0.620. The highest BCUT2D eigenvalue weighted by molar-refractivity contribution is 5.75. The molecule has 104 valence electrons. The molecule has 0 aromatic carbocycles. The second-order valence-corrected chi connectivity index (χ2v) is 6.05. The summed E-state index contributed by atoms with van der Waals surface area (Å²) in [7, 11) is 2.00. The Morgan fingerprint density at radius 3 is 2.61 bits per heavy atom. The van der Waals surface area contributed by atoms with E-state index in [-0.39, 0.29) is 0 Å². The van der Waals surface area contributed by atoms with Gasteiger partial charge in [0.05, 0.1) is 12.0 Å². The van der Waals surface area contributed by atoms with Crippen LogP contribution in [0.5, 0.6) is 0 Å². The third-order valence-electron chi connectivity index (χ3n) is 4.25. The quantitative estimate of drug-likeness (QED) is 0.674. The highest BCUT2D eigenvalue weighted by atomic mass is 16.5. The minimum Gasteiger partial charge on any atom is -0.481 e. The highest BCUT2D eigenvalue weighted by Crippen LogP contribution is 2.38. The van der Waals surface area contributed by atoms with Crippen LogP contribution in [0.1, 0.15) is 38.5 Å². The molecular weight excluding hydrogens is 230 g/mol. The molecule has 0 amide bonds. The number of hydrogen-bond acceptors (Lipinski definition) is 3. The third kappa shape index (κ3) is 3.69. The first kappa shape index (κ1) is 13.8. The first-order chi connectivity index (χ1) is 8.62. The molecule has 0 aromatic rings. The Hall–Kier alpha value is -0.610. The molecule has 4 nitrogen and oxygen atoms in total. The molecule has 18 heavy (non-hydrogen) atoms. The smallest absolute Gasteiger partial charge is 0.310 e. The Morgan fingerprint density at radius 1 is 1.39 bits per heavy atom. The van der Waals surface area contributed by atoms with Crippen LogP contribution in [0.2, 0.25) is 0 Å². The fraction of sp³-hybridized carbons (Fsp3) is 0.929. The van der Waals surface area contributed by atoms with Crippen molar-refractivity contribution in [3.05, 3.63) is 0 Å². The van der Waals surface area contributed by atoms with Gasteiger partial charge in [-0.3, -0.25) is 4.79 Å². The molecule has 0 spiro atoms. The average molecular weight is 255 g/mol. The topological polar surface area (TPSA) is 49.8 Å². The minimum absolute atomic E-state index is 0.495. The van der Waals surface area contributed by atoms with E-state index in [4.69, 9.17) is 4.74 Å². The third-order valence-corrected chi connectivity index (χ3v) is 4.25. The summed E-state index contributed by atoms with van der Waals surface area (Å²) in [5.41, 5.74) is -0.495. The van der Waals surface area contributed by atoms with Gasteiger partial charge >= 0.3 is 5.97 Å². The molecule has 2 fully saturated rings. The van der Waals surface area contributed by atoms with E-state index in [0.29, 0.717) is 6.54 Å². The Kier molecular flexibility index (Phi) is 4.62. The Morgan fingerprint density at radius 2 is 2.06 bits per heavy atom. The molecule has 0 heterocycles. The number of aliphatic carboxylic acids is 1. The summed E-state index contributed by atoms with van der Waals surface area (Å²) in [6.45, 7) is 3.11. The van der Waals surface area contributed by atoms with E-state index in [2.05, 4.69) is 4.90 Å². The summed E-state index contributed by atoms with van der Waals surface area (Å²) in [6.07, 6.45) is 6.40. The molecule has 1 N–H and O–H groups in total. The lowest BCUT2D eigenvalue weighted by atomic mass is 9.86. The lowest BCUT2D eigenvalue weighted by Gasteiger charge is -2.29. The molecule has 2 rings (SSSR count). The van der Waals surface area contributed by atoms with Gasteiger partial charge in [0, 0.05) is 19.7 Å². The molecule has 2 aliphatic rings. The second-order valence-electron chi connectivity index (χ2n) is 6.05. The van der Waals surface area contributed by atoms with Crippen molar-refractivity contribution >= 4 is 5.97 Å². The monoisotopic (exact) mass is 255 g/mol. The van der Waals surface area contributed by atoms with Gasteiger partial charge in [0.25, 0.3) is 0 Å². The molecule has 0 aromatic heterocycles. The fourth-order valence-corrected chi connectivity index (χ4v) is 2.84. The largest absolute Gasteiger partial charge is 0.481 e. The molecule has 2 aliphatic carbocycles. The van der Waals surface area contributed by atoms with Crippen molar-refractivity contribution in [2.45, 2.75) is 38.5 Å². The van der Waals surface area contributed by atoms with Crippen molar-refractivity contribution in [3.8, 4) is 0 Å². The summed E-state index contributed by atoms with van der Waals surface area (Å²) in [4.78, 5) is 13.5. The van der Waals surface area contributed by atoms with Crippen LogP contribution in [0, 0.1) is 11.3 Å². The maximum absolute atomic E-state index is 11.4. The van der Waals surface area contributed by atoms with E-state index in [1.807, 2.05) is 7.05 Å². The van der Waals surface area contributed by atoms with Crippen LogP contribution in [-0.2, 0) is 9.53 Å². The van der Waals surface area contributed by atoms with Crippen LogP contribution in [0.15, 0.2) is 0 Å². The SMILES string of the molecule is CN(CCOCC1CC1)CC1(C(=O)O)CCCC1. The van der Waals surface area contributed by atoms with E-state index < -0.39 is 11.4 Å². The fourth-order valence-electron chi connectivity index (χ4n) is 2.84. The van der Waals surface area contributed by atoms with Crippen molar-refractivity contribution in [1.82, 2.24) is 4.90 Å². The van der Waals surface area contributed by atoms with Crippen molar-refractivity contribution in [1.29, 1.82) is 0 Å². The van der Waals surface area contributed by atoms with Crippen LogP contribution in [0.25, 0.3) is 0 Å². The number of hydrogen-bond donors (Lipinski definition) is 1. The van der Waals surface area contributed by atoms with Gasteiger partial charge in [-0.2, -0.15) is 0 Å². The maximum Gasteiger partial charge on any atom is 0.310 e. The molecule has 0 unspecified atom stereocenters. The number of nitrogens with zero attached hydrogens (tertiary/aromatic N) is 1. The van der Waals surface area contributed by atoms with Gasteiger partial charge < -0.3 is 14.7 Å². The summed E-state index contributed by atoms with van der Waals surface area (Å²) < 4.78 is 5.60. The van der Waals surface area contributed by atoms with Gasteiger partial charge in [0.2, 0.25) is 0 Å². The lowest BCUT2D eigenvalue weighted by Crippen LogP contribution is -2.41. The highest BCUT2D eigenvalue weighted by Gasteiger charge is 2.41. The van der Waals surface area contributed by atoms with Gasteiger partial charge in [-0.25, -0.2) is 0 Å². The van der Waals surface area contributed by atoms with Gasteiger partial charge in [-0.15, -0.1) is 0 Å². The molecule has 2 saturated carbocycles. The standard InChI is InChI=1S/C14H25NO3/c1-15(8-9-18-10-12-4-5-12)11-14(13(16)17)6-2-3-7-14/h12H,2-11H2,1H3,(H,16,17). The van der Waals surface area contributed by atoms with Crippen molar-refractivity contribution in [2.75, 3.05) is 33.4 Å². The normalized spacial score (nSPS) is 22.6. The number of carboxylic acid groups (broad SMARTS) is 1. The zero-order valence-corrected chi connectivity index (χ0v) is 11.4. The molecule has 0 saturated heterocycles. The zero-order chi connectivity index (χ0) is 13.0. The Balaban J connectivity index is 1.67. The number of ether oxygens (including phenoxy) is 1. The summed E-state index contributed by atoms with van der Waals surface area (Å²) in [5.74, 6) is 0.182. The molecule has 0 radical (unpaired) electrons. The molecule has 0 atom stereocenters. The van der Waals surface area contributed by atoms with E-state index in [1.54, 1.807) is 0 Å². The van der Waals surface area contributed by atoms with Crippen LogP contribution in [-0.4, -0.2) is 49.3 Å². The van der Waals surface area contributed by atoms with Gasteiger partial charge in [-0.1, -0.05) is 12.8 Å². The van der Waals surface area contributed by atoms with Crippen LogP contribution >= 0.6 is 0 Å². The summed E-state index contributed by atoms with van der Waals surface area (Å²) in [5, 5.41) is 9.41. The number of rotatable bonds is 8. The van der Waals surface area contributed by atoms with Crippen LogP contribution in [0.3, 0.4) is 0 Å². The number of carbonyl (C=O) groups is 1. The maximum atomic E-state index is 11.4. The number of carboxylic acids is 1. The summed E-state index contributed by atoms with van der Waals surface area (Å²) >= 11 is 0. The first-order valence-electron chi connectivity index (χ1n) is 7.12. The summed E-state index contributed by atoms with van der Waals surface area (Å²) in [6, 6.07) is 0. The van der Waals surface area contributed by atoms with E-state index in [9.17, 15) is 9.90 Å². The Labute approximate surface area is 109 Å². The van der Waals surface area contributed by atoms with Crippen LogP contribution in [0.4, 0.5) is 0 Å². The predicted octanol–water partition coefficient (Wildman–Crippen LogP) is 1.99. The second kappa shape index (κ2) is 6.02. The molecule has 4 heteroatoms. The van der Waals surface area contributed by atoms with Gasteiger partial charge in [-0.05, 0) is 38.6 Å². The van der Waals surface area contributed by atoms with Gasteiger partial charge in [0.1, 0.15) is 0 Å². The van der Waals surface area contributed by atoms with E-state index >= 15 is 0 Å². The molecule has 0 bridgehead atoms.